The number of ketones is 1. The second kappa shape index (κ2) is 12.3. The number of hydrogen-bond donors (Lipinski definition) is 0. The molecule has 0 bridgehead atoms. The SMILES string of the molecule is CCCCCC(Cl)CC(=O)c1ccc(OC(=O)c2ccc(OCCC)cc2)cc1. The van der Waals surface area contributed by atoms with Crippen LogP contribution in [0.1, 0.15) is 73.1 Å². The first kappa shape index (κ1) is 23.0. The molecule has 2 rings (SSSR count). The Morgan fingerprint density at radius 1 is 0.862 bits per heavy atom. The Bertz CT molecular complexity index is 768. The van der Waals surface area contributed by atoms with Crippen LogP contribution in [0.4, 0.5) is 0 Å². The van der Waals surface area contributed by atoms with Gasteiger partial charge in [0.15, 0.2) is 5.78 Å². The minimum absolute atomic E-state index is 0.00189. The highest BCUT2D eigenvalue weighted by atomic mass is 35.5. The summed E-state index contributed by atoms with van der Waals surface area (Å²) in [5, 5.41) is -0.143. The molecule has 1 atom stereocenters. The summed E-state index contributed by atoms with van der Waals surface area (Å²) in [6.07, 6.45) is 5.39. The first-order valence-electron chi connectivity index (χ1n) is 10.3. The van der Waals surface area contributed by atoms with Crippen molar-refractivity contribution in [2.45, 2.75) is 57.7 Å². The number of halogens is 1. The Hall–Kier alpha value is -2.33. The van der Waals surface area contributed by atoms with E-state index in [0.29, 0.717) is 29.9 Å². The minimum atomic E-state index is -0.456. The van der Waals surface area contributed by atoms with Gasteiger partial charge in [-0.2, -0.15) is 0 Å². The maximum Gasteiger partial charge on any atom is 0.343 e. The molecule has 0 fully saturated rings. The molecule has 4 nitrogen and oxygen atoms in total. The van der Waals surface area contributed by atoms with E-state index in [2.05, 4.69) is 6.92 Å². The van der Waals surface area contributed by atoms with E-state index < -0.39 is 5.97 Å². The van der Waals surface area contributed by atoms with Crippen molar-refractivity contribution in [3.8, 4) is 11.5 Å². The Morgan fingerprint density at radius 3 is 2.10 bits per heavy atom. The van der Waals surface area contributed by atoms with Crippen LogP contribution < -0.4 is 9.47 Å². The van der Waals surface area contributed by atoms with E-state index in [4.69, 9.17) is 21.1 Å². The number of hydrogen-bond acceptors (Lipinski definition) is 4. The number of unbranched alkanes of at least 4 members (excludes halogenated alkanes) is 2. The molecule has 0 radical (unpaired) electrons. The van der Waals surface area contributed by atoms with Crippen LogP contribution in [0.3, 0.4) is 0 Å². The van der Waals surface area contributed by atoms with Gasteiger partial charge in [-0.3, -0.25) is 4.79 Å². The van der Waals surface area contributed by atoms with Gasteiger partial charge >= 0.3 is 5.97 Å². The Morgan fingerprint density at radius 2 is 1.48 bits per heavy atom. The minimum Gasteiger partial charge on any atom is -0.494 e. The average Bonchev–Trinajstić information content (AvgIpc) is 2.73. The van der Waals surface area contributed by atoms with Gasteiger partial charge in [0, 0.05) is 17.4 Å². The fraction of sp³-hybridized carbons (Fsp3) is 0.417. The van der Waals surface area contributed by atoms with Crippen LogP contribution in [0.5, 0.6) is 11.5 Å². The zero-order chi connectivity index (χ0) is 21.1. The van der Waals surface area contributed by atoms with Crippen molar-refractivity contribution in [2.75, 3.05) is 6.61 Å². The smallest absolute Gasteiger partial charge is 0.343 e. The van der Waals surface area contributed by atoms with Crippen molar-refractivity contribution >= 4 is 23.4 Å². The van der Waals surface area contributed by atoms with Crippen LogP contribution in [0.15, 0.2) is 48.5 Å². The molecule has 29 heavy (non-hydrogen) atoms. The number of rotatable bonds is 12. The molecule has 156 valence electrons. The van der Waals surface area contributed by atoms with E-state index in [0.717, 1.165) is 37.9 Å². The molecule has 2 aromatic rings. The van der Waals surface area contributed by atoms with Crippen LogP contribution >= 0.6 is 11.6 Å². The standard InChI is InChI=1S/C24H29ClO4/c1-3-5-6-7-20(25)17-23(26)18-8-14-22(15-9-18)29-24(27)19-10-12-21(13-11-19)28-16-4-2/h8-15,20H,3-7,16-17H2,1-2H3. The quantitative estimate of drug-likeness (QED) is 0.131. The molecule has 0 aliphatic carbocycles. The number of alkyl halides is 1. The summed E-state index contributed by atoms with van der Waals surface area (Å²) in [5.41, 5.74) is 1.01. The predicted octanol–water partition coefficient (Wildman–Crippen LogP) is 6.46. The van der Waals surface area contributed by atoms with Gasteiger partial charge in [-0.1, -0.05) is 33.1 Å². The maximum atomic E-state index is 12.3. The highest BCUT2D eigenvalue weighted by Crippen LogP contribution is 2.20. The molecule has 0 amide bonds. The molecule has 0 N–H and O–H groups in total. The van der Waals surface area contributed by atoms with Crippen molar-refractivity contribution in [3.63, 3.8) is 0 Å². The van der Waals surface area contributed by atoms with Gasteiger partial charge in [-0.25, -0.2) is 4.79 Å². The fourth-order valence-corrected chi connectivity index (χ4v) is 3.11. The molecule has 0 heterocycles. The molecule has 0 aliphatic rings. The molecule has 1 unspecified atom stereocenters. The van der Waals surface area contributed by atoms with Gasteiger partial charge in [0.1, 0.15) is 11.5 Å². The number of esters is 1. The number of Topliss-reactive ketones (excluding diaryl/α,β-unsaturated/α-hetero) is 1. The van der Waals surface area contributed by atoms with Gasteiger partial charge in [-0.05, 0) is 61.4 Å². The zero-order valence-corrected chi connectivity index (χ0v) is 17.9. The van der Waals surface area contributed by atoms with Crippen molar-refractivity contribution in [3.05, 3.63) is 59.7 Å². The van der Waals surface area contributed by atoms with Gasteiger partial charge < -0.3 is 9.47 Å². The van der Waals surface area contributed by atoms with Crippen molar-refractivity contribution < 1.29 is 19.1 Å². The monoisotopic (exact) mass is 416 g/mol. The fourth-order valence-electron chi connectivity index (χ4n) is 2.82. The lowest BCUT2D eigenvalue weighted by Gasteiger charge is -2.09. The van der Waals surface area contributed by atoms with Crippen molar-refractivity contribution in [2.24, 2.45) is 0 Å². The van der Waals surface area contributed by atoms with Gasteiger partial charge in [-0.15, -0.1) is 11.6 Å². The molecule has 0 spiro atoms. The van der Waals surface area contributed by atoms with E-state index in [1.54, 1.807) is 48.5 Å². The molecule has 5 heteroatoms. The predicted molar refractivity (Wildman–Crippen MR) is 116 cm³/mol. The lowest BCUT2D eigenvalue weighted by Crippen LogP contribution is -2.10. The lowest BCUT2D eigenvalue weighted by molar-refractivity contribution is 0.0734. The van der Waals surface area contributed by atoms with Gasteiger partial charge in [0.2, 0.25) is 0 Å². The number of benzene rings is 2. The molecular weight excluding hydrogens is 388 g/mol. The van der Waals surface area contributed by atoms with Gasteiger partial charge in [0.25, 0.3) is 0 Å². The molecule has 0 saturated carbocycles. The van der Waals surface area contributed by atoms with E-state index in [-0.39, 0.29) is 11.2 Å². The summed E-state index contributed by atoms with van der Waals surface area (Å²) >= 11 is 6.27. The number of ether oxygens (including phenoxy) is 2. The third kappa shape index (κ3) is 7.90. The second-order valence-electron chi connectivity index (χ2n) is 7.01. The lowest BCUT2D eigenvalue weighted by atomic mass is 10.0. The Labute approximate surface area is 178 Å². The summed E-state index contributed by atoms with van der Waals surface area (Å²) in [7, 11) is 0. The number of carbonyl (C=O) groups excluding carboxylic acids is 2. The third-order valence-corrected chi connectivity index (χ3v) is 4.85. The van der Waals surface area contributed by atoms with Gasteiger partial charge in [0.05, 0.1) is 12.2 Å². The molecule has 0 aromatic heterocycles. The molecular formula is C24H29ClO4. The highest BCUT2D eigenvalue weighted by molar-refractivity contribution is 6.22. The topological polar surface area (TPSA) is 52.6 Å². The van der Waals surface area contributed by atoms with E-state index in [1.165, 1.54) is 0 Å². The molecule has 0 saturated heterocycles. The van der Waals surface area contributed by atoms with Crippen LogP contribution in [-0.4, -0.2) is 23.7 Å². The van der Waals surface area contributed by atoms with Crippen LogP contribution in [-0.2, 0) is 0 Å². The van der Waals surface area contributed by atoms with E-state index >= 15 is 0 Å². The third-order valence-electron chi connectivity index (χ3n) is 4.48. The van der Waals surface area contributed by atoms with E-state index in [9.17, 15) is 9.59 Å². The van der Waals surface area contributed by atoms with E-state index in [1.807, 2.05) is 6.92 Å². The second-order valence-corrected chi connectivity index (χ2v) is 7.62. The largest absolute Gasteiger partial charge is 0.494 e. The maximum absolute atomic E-state index is 12.3. The first-order chi connectivity index (χ1) is 14.0. The van der Waals surface area contributed by atoms with Crippen LogP contribution in [0.2, 0.25) is 0 Å². The summed E-state index contributed by atoms with van der Waals surface area (Å²) in [6, 6.07) is 13.4. The Kier molecular flexibility index (Phi) is 9.72. The molecule has 0 aliphatic heterocycles. The van der Waals surface area contributed by atoms with Crippen LogP contribution in [0.25, 0.3) is 0 Å². The summed E-state index contributed by atoms with van der Waals surface area (Å²) < 4.78 is 10.9. The average molecular weight is 417 g/mol. The first-order valence-corrected chi connectivity index (χ1v) is 10.7. The number of carbonyl (C=O) groups is 2. The highest BCUT2D eigenvalue weighted by Gasteiger charge is 2.14. The van der Waals surface area contributed by atoms with Crippen LogP contribution in [0, 0.1) is 0 Å². The zero-order valence-electron chi connectivity index (χ0n) is 17.2. The summed E-state index contributed by atoms with van der Waals surface area (Å²) in [5.74, 6) is 0.659. The molecule has 2 aromatic carbocycles. The normalized spacial score (nSPS) is 11.7. The van der Waals surface area contributed by atoms with Crippen molar-refractivity contribution in [1.29, 1.82) is 0 Å². The summed E-state index contributed by atoms with van der Waals surface area (Å²) in [4.78, 5) is 24.6. The summed E-state index contributed by atoms with van der Waals surface area (Å²) in [6.45, 7) is 4.81. The van der Waals surface area contributed by atoms with Crippen molar-refractivity contribution in [1.82, 2.24) is 0 Å². The Balaban J connectivity index is 1.87.